The third-order valence-electron chi connectivity index (χ3n) is 15.6. The van der Waals surface area contributed by atoms with Crippen LogP contribution in [0.25, 0.3) is 93.9 Å². The van der Waals surface area contributed by atoms with Crippen molar-refractivity contribution in [3.05, 3.63) is 241 Å². The first-order valence-electron chi connectivity index (χ1n) is 24.2. The van der Waals surface area contributed by atoms with Crippen molar-refractivity contribution >= 4 is 60.8 Å². The highest BCUT2D eigenvalue weighted by Crippen LogP contribution is 2.53. The van der Waals surface area contributed by atoms with E-state index in [1.54, 1.807) is 0 Å². The van der Waals surface area contributed by atoms with Gasteiger partial charge in [0, 0.05) is 44.1 Å². The smallest absolute Gasteiger partial charge is 0.137 e. The predicted molar refractivity (Wildman–Crippen MR) is 289 cm³/mol. The van der Waals surface area contributed by atoms with E-state index in [9.17, 15) is 0 Å². The molecule has 69 heavy (non-hydrogen) atoms. The van der Waals surface area contributed by atoms with Crippen LogP contribution < -0.4 is 4.90 Å². The van der Waals surface area contributed by atoms with Crippen LogP contribution >= 0.6 is 0 Å². The van der Waals surface area contributed by atoms with Crippen LogP contribution in [0.15, 0.2) is 223 Å². The van der Waals surface area contributed by atoms with Gasteiger partial charge in [0.1, 0.15) is 11.2 Å². The summed E-state index contributed by atoms with van der Waals surface area (Å²) in [7, 11) is 0. The van der Waals surface area contributed by atoms with Gasteiger partial charge in [0.2, 0.25) is 0 Å². The summed E-state index contributed by atoms with van der Waals surface area (Å²) in [6.45, 7) is 9.43. The molecular weight excluding hydrogens is 837 g/mol. The van der Waals surface area contributed by atoms with Crippen molar-refractivity contribution in [2.24, 2.45) is 0 Å². The molecule has 0 amide bonds. The van der Waals surface area contributed by atoms with Gasteiger partial charge in [0.25, 0.3) is 0 Å². The molecule has 0 aliphatic heterocycles. The molecule has 2 heterocycles. The Morgan fingerprint density at radius 1 is 0.362 bits per heavy atom. The molecule has 0 N–H and O–H groups in total. The molecule has 0 unspecified atom stereocenters. The molecule has 2 aliphatic carbocycles. The Labute approximate surface area is 402 Å². The second-order valence-electron chi connectivity index (χ2n) is 20.1. The van der Waals surface area contributed by atoms with E-state index in [0.717, 1.165) is 55.8 Å². The van der Waals surface area contributed by atoms with Crippen molar-refractivity contribution in [3.8, 4) is 50.2 Å². The SMILES string of the molecule is CC1(C)c2ccccc2-c2ccc(-c3ccc(N(c4ccc5c(c4)C(C)(C)c4ccccc4-5)c4cccc5oc6ccc(-c7ccc8c9ccccc9n(-c9ccccc9)c8c7)cc6c45)cc3)cc21. The molecule has 0 radical (unpaired) electrons. The van der Waals surface area contributed by atoms with Crippen LogP contribution in [-0.2, 0) is 10.8 Å². The number of fused-ring (bicyclic) bond motifs is 12. The number of benzene rings is 10. The summed E-state index contributed by atoms with van der Waals surface area (Å²) < 4.78 is 9.16. The zero-order valence-electron chi connectivity index (χ0n) is 39.1. The van der Waals surface area contributed by atoms with Gasteiger partial charge in [-0.2, -0.15) is 0 Å². The van der Waals surface area contributed by atoms with Gasteiger partial charge in [-0.05, 0) is 146 Å². The predicted octanol–water partition coefficient (Wildman–Crippen LogP) is 18.1. The van der Waals surface area contributed by atoms with Crippen LogP contribution in [0, 0.1) is 0 Å². The normalized spacial score (nSPS) is 14.0. The van der Waals surface area contributed by atoms with Crippen molar-refractivity contribution in [2.45, 2.75) is 38.5 Å². The molecule has 0 fully saturated rings. The number of para-hydroxylation sites is 2. The minimum atomic E-state index is -0.158. The third-order valence-corrected chi connectivity index (χ3v) is 15.6. The largest absolute Gasteiger partial charge is 0.456 e. The van der Waals surface area contributed by atoms with E-state index >= 15 is 0 Å². The molecule has 0 saturated carbocycles. The average Bonchev–Trinajstić information content (AvgIpc) is 4.07. The molecule has 14 rings (SSSR count). The molecule has 0 spiro atoms. The fraction of sp³-hybridized carbons (Fsp3) is 0.0909. The molecule has 2 aliphatic rings. The molecule has 328 valence electrons. The van der Waals surface area contributed by atoms with Gasteiger partial charge in [-0.1, -0.05) is 167 Å². The number of nitrogens with zero attached hydrogens (tertiary/aromatic N) is 2. The minimum Gasteiger partial charge on any atom is -0.456 e. The molecule has 0 atom stereocenters. The summed E-state index contributed by atoms with van der Waals surface area (Å²) in [4.78, 5) is 2.44. The molecule has 0 bridgehead atoms. The quantitative estimate of drug-likeness (QED) is 0.166. The summed E-state index contributed by atoms with van der Waals surface area (Å²) in [5.41, 5.74) is 23.8. The van der Waals surface area contributed by atoms with E-state index in [1.807, 2.05) is 0 Å². The van der Waals surface area contributed by atoms with Gasteiger partial charge >= 0.3 is 0 Å². The monoisotopic (exact) mass is 884 g/mol. The molecular formula is C66H48N2O. The van der Waals surface area contributed by atoms with Crippen LogP contribution in [0.5, 0.6) is 0 Å². The van der Waals surface area contributed by atoms with Crippen LogP contribution in [-0.4, -0.2) is 4.57 Å². The zero-order chi connectivity index (χ0) is 46.2. The molecule has 12 aromatic rings. The number of rotatable bonds is 6. The lowest BCUT2D eigenvalue weighted by Gasteiger charge is -2.29. The lowest BCUT2D eigenvalue weighted by atomic mass is 9.81. The van der Waals surface area contributed by atoms with Gasteiger partial charge in [0.15, 0.2) is 0 Å². The molecule has 0 saturated heterocycles. The second kappa shape index (κ2) is 14.6. The highest BCUT2D eigenvalue weighted by atomic mass is 16.3. The van der Waals surface area contributed by atoms with Crippen LogP contribution in [0.2, 0.25) is 0 Å². The van der Waals surface area contributed by atoms with Gasteiger partial charge < -0.3 is 13.9 Å². The average molecular weight is 885 g/mol. The summed E-state index contributed by atoms with van der Waals surface area (Å²) in [5.74, 6) is 0. The number of aromatic nitrogens is 1. The van der Waals surface area contributed by atoms with Crippen molar-refractivity contribution in [1.82, 2.24) is 4.57 Å². The summed E-state index contributed by atoms with van der Waals surface area (Å²) >= 11 is 0. The van der Waals surface area contributed by atoms with Crippen molar-refractivity contribution < 1.29 is 4.42 Å². The summed E-state index contributed by atoms with van der Waals surface area (Å²) in [5, 5.41) is 4.65. The highest BCUT2D eigenvalue weighted by molar-refractivity contribution is 6.15. The summed E-state index contributed by atoms with van der Waals surface area (Å²) in [6, 6.07) is 80.5. The van der Waals surface area contributed by atoms with Crippen molar-refractivity contribution in [2.75, 3.05) is 4.90 Å². The fourth-order valence-electron chi connectivity index (χ4n) is 12.1. The Balaban J connectivity index is 0.932. The Morgan fingerprint density at radius 3 is 1.70 bits per heavy atom. The van der Waals surface area contributed by atoms with E-state index in [1.165, 1.54) is 77.4 Å². The number of hydrogen-bond acceptors (Lipinski definition) is 2. The minimum absolute atomic E-state index is 0.0689. The maximum Gasteiger partial charge on any atom is 0.137 e. The van der Waals surface area contributed by atoms with Gasteiger partial charge in [0.05, 0.1) is 22.1 Å². The number of furan rings is 1. The Bertz CT molecular complexity index is 4070. The van der Waals surface area contributed by atoms with E-state index in [2.05, 4.69) is 256 Å². The lowest BCUT2D eigenvalue weighted by molar-refractivity contribution is 0.660. The zero-order valence-corrected chi connectivity index (χ0v) is 39.1. The molecule has 10 aromatic carbocycles. The first-order chi connectivity index (χ1) is 33.7. The lowest BCUT2D eigenvalue weighted by Crippen LogP contribution is -2.16. The Morgan fingerprint density at radius 2 is 0.928 bits per heavy atom. The second-order valence-corrected chi connectivity index (χ2v) is 20.1. The fourth-order valence-corrected chi connectivity index (χ4v) is 12.1. The van der Waals surface area contributed by atoms with E-state index < -0.39 is 0 Å². The van der Waals surface area contributed by atoms with Gasteiger partial charge in [-0.3, -0.25) is 0 Å². The van der Waals surface area contributed by atoms with Gasteiger partial charge in [-0.15, -0.1) is 0 Å². The molecule has 3 heteroatoms. The maximum absolute atomic E-state index is 6.77. The maximum atomic E-state index is 6.77. The van der Waals surface area contributed by atoms with Gasteiger partial charge in [-0.25, -0.2) is 0 Å². The first-order valence-corrected chi connectivity index (χ1v) is 24.2. The van der Waals surface area contributed by atoms with Crippen LogP contribution in [0.3, 0.4) is 0 Å². The van der Waals surface area contributed by atoms with E-state index in [-0.39, 0.29) is 10.8 Å². The van der Waals surface area contributed by atoms with E-state index in [4.69, 9.17) is 4.42 Å². The number of anilines is 3. The standard InChI is InChI=1S/C66H48N2O/c1-65(2)55-20-11-8-17-48(55)50-33-27-43(38-57(50)65)41-25-30-46(31-26-41)67(47-32-35-51-49-18-9-12-21-56(49)66(3,4)58(51)40-47)60-23-14-24-63-64(60)54-37-42(29-36-62(54)69-63)44-28-34-53-52-19-10-13-22-59(52)68(61(53)39-44)45-15-6-5-7-16-45/h5-40H,1-4H3. The Hall–Kier alpha value is -8.40. The first kappa shape index (κ1) is 39.7. The highest BCUT2D eigenvalue weighted by Gasteiger charge is 2.37. The van der Waals surface area contributed by atoms with Crippen molar-refractivity contribution in [3.63, 3.8) is 0 Å². The van der Waals surface area contributed by atoms with Crippen molar-refractivity contribution in [1.29, 1.82) is 0 Å². The van der Waals surface area contributed by atoms with Crippen LogP contribution in [0.1, 0.15) is 49.9 Å². The third kappa shape index (κ3) is 5.80. The molecule has 3 nitrogen and oxygen atoms in total. The number of hydrogen-bond donors (Lipinski definition) is 0. The topological polar surface area (TPSA) is 21.3 Å². The van der Waals surface area contributed by atoms with E-state index in [0.29, 0.717) is 0 Å². The van der Waals surface area contributed by atoms with Crippen LogP contribution in [0.4, 0.5) is 17.1 Å². The summed E-state index contributed by atoms with van der Waals surface area (Å²) in [6.07, 6.45) is 0. The Kier molecular flexibility index (Phi) is 8.38. The molecule has 2 aromatic heterocycles.